The molecule has 0 spiro atoms. The molecule has 4 heteroatoms. The number of rotatable bonds is 6. The first-order valence-electron chi connectivity index (χ1n) is 9.81. The van der Waals surface area contributed by atoms with Crippen LogP contribution < -0.4 is 0 Å². The summed E-state index contributed by atoms with van der Waals surface area (Å²) in [5.41, 5.74) is -0.372. The van der Waals surface area contributed by atoms with Gasteiger partial charge in [0, 0.05) is 30.5 Å². The molecule has 158 valence electrons. The maximum absolute atomic E-state index is 11.6. The molecule has 0 aliphatic heterocycles. The Hall–Kier alpha value is -0.220. The van der Waals surface area contributed by atoms with Crippen LogP contribution in [0.1, 0.15) is 89.5 Å². The predicted octanol–water partition coefficient (Wildman–Crippen LogP) is 6.71. The van der Waals surface area contributed by atoms with Crippen LogP contribution in [-0.4, -0.2) is 29.6 Å². The number of hydrogen-bond donors (Lipinski definition) is 0. The third-order valence-electron chi connectivity index (χ3n) is 3.41. The van der Waals surface area contributed by atoms with Crippen molar-refractivity contribution in [3.63, 3.8) is 0 Å². The smallest absolute Gasteiger partial charge is 0.152 e. The van der Waals surface area contributed by atoms with E-state index in [1.165, 1.54) is 0 Å². The highest BCUT2D eigenvalue weighted by atomic mass is 79.9. The summed E-state index contributed by atoms with van der Waals surface area (Å²) < 4.78 is 4.83. The summed E-state index contributed by atoms with van der Waals surface area (Å²) >= 11 is 3.39. The molecule has 1 atom stereocenters. The van der Waals surface area contributed by atoms with Crippen LogP contribution in [0.15, 0.2) is 0 Å². The van der Waals surface area contributed by atoms with Crippen LogP contribution >= 0.6 is 15.9 Å². The zero-order valence-corrected chi connectivity index (χ0v) is 21.0. The molecule has 0 aliphatic rings. The van der Waals surface area contributed by atoms with Gasteiger partial charge in [0.25, 0.3) is 0 Å². The zero-order chi connectivity index (χ0) is 21.7. The maximum Gasteiger partial charge on any atom is 0.152 e. The van der Waals surface area contributed by atoms with Crippen LogP contribution in [0.25, 0.3) is 0 Å². The van der Waals surface area contributed by atoms with Gasteiger partial charge in [0.1, 0.15) is 5.78 Å². The summed E-state index contributed by atoms with van der Waals surface area (Å²) in [7, 11) is 0. The second kappa shape index (κ2) is 14.8. The van der Waals surface area contributed by atoms with Crippen LogP contribution in [0.5, 0.6) is 0 Å². The van der Waals surface area contributed by atoms with E-state index in [0.717, 1.165) is 13.2 Å². The van der Waals surface area contributed by atoms with E-state index in [9.17, 15) is 9.59 Å². The van der Waals surface area contributed by atoms with Crippen molar-refractivity contribution < 1.29 is 14.3 Å². The van der Waals surface area contributed by atoms with Crippen LogP contribution in [-0.2, 0) is 14.3 Å². The molecule has 0 saturated heterocycles. The Morgan fingerprint density at radius 3 is 1.31 bits per heavy atom. The van der Waals surface area contributed by atoms with Crippen molar-refractivity contribution >= 4 is 27.5 Å². The molecule has 0 aliphatic carbocycles. The zero-order valence-electron chi connectivity index (χ0n) is 19.5. The quantitative estimate of drug-likeness (QED) is 0.434. The predicted molar refractivity (Wildman–Crippen MR) is 118 cm³/mol. The Kier molecular flexibility index (Phi) is 17.4. The Morgan fingerprint density at radius 2 is 1.23 bits per heavy atom. The van der Waals surface area contributed by atoms with Gasteiger partial charge in [-0.2, -0.15) is 0 Å². The molecule has 3 nitrogen and oxygen atoms in total. The van der Waals surface area contributed by atoms with E-state index in [1.54, 1.807) is 0 Å². The van der Waals surface area contributed by atoms with E-state index < -0.39 is 0 Å². The van der Waals surface area contributed by atoms with E-state index in [-0.39, 0.29) is 21.4 Å². The highest BCUT2D eigenvalue weighted by Crippen LogP contribution is 2.24. The topological polar surface area (TPSA) is 43.4 Å². The van der Waals surface area contributed by atoms with E-state index in [1.807, 2.05) is 69.2 Å². The van der Waals surface area contributed by atoms with Crippen LogP contribution in [0, 0.1) is 22.7 Å². The summed E-state index contributed by atoms with van der Waals surface area (Å²) in [4.78, 5) is 22.8. The van der Waals surface area contributed by atoms with Crippen molar-refractivity contribution in [3.05, 3.63) is 0 Å². The highest BCUT2D eigenvalue weighted by molar-refractivity contribution is 9.10. The molecule has 0 aromatic carbocycles. The summed E-state index contributed by atoms with van der Waals surface area (Å²) in [6, 6.07) is 0. The maximum atomic E-state index is 11.6. The fraction of sp³-hybridized carbons (Fsp3) is 0.909. The number of halogens is 1. The van der Waals surface area contributed by atoms with Gasteiger partial charge in [-0.3, -0.25) is 9.59 Å². The second-order valence-corrected chi connectivity index (χ2v) is 10.3. The first-order chi connectivity index (χ1) is 11.5. The molecule has 1 unspecified atom stereocenters. The molecule has 0 fully saturated rings. The minimum Gasteiger partial charge on any atom is -0.382 e. The van der Waals surface area contributed by atoms with Gasteiger partial charge in [0.2, 0.25) is 0 Å². The standard InChI is InChI=1S/C9H17BrO.C9H18O.C4H10O/c1-6(2)7(10)8(11)9(3,4)5;1-7(2)6-8(10)9(3,4)5;1-3-5-4-2/h6-7H,1-5H3;7H,6H2,1-5H3;3-4H2,1-2H3. The van der Waals surface area contributed by atoms with E-state index in [2.05, 4.69) is 29.8 Å². The molecule has 0 amide bonds. The van der Waals surface area contributed by atoms with Crippen molar-refractivity contribution in [2.24, 2.45) is 22.7 Å². The van der Waals surface area contributed by atoms with Crippen molar-refractivity contribution in [3.8, 4) is 0 Å². The third-order valence-corrected chi connectivity index (χ3v) is 4.89. The SMILES string of the molecule is CC(C)C(Br)C(=O)C(C)(C)C.CC(C)CC(=O)C(C)(C)C.CCOCC. The van der Waals surface area contributed by atoms with Gasteiger partial charge in [-0.15, -0.1) is 0 Å². The van der Waals surface area contributed by atoms with Gasteiger partial charge in [-0.1, -0.05) is 85.2 Å². The summed E-state index contributed by atoms with van der Waals surface area (Å²) in [5.74, 6) is 1.52. The lowest BCUT2D eigenvalue weighted by Crippen LogP contribution is -2.31. The van der Waals surface area contributed by atoms with Gasteiger partial charge in [0.05, 0.1) is 4.83 Å². The fourth-order valence-electron chi connectivity index (χ4n) is 1.60. The Labute approximate surface area is 172 Å². The lowest BCUT2D eigenvalue weighted by Gasteiger charge is -2.22. The average molecular weight is 438 g/mol. The lowest BCUT2D eigenvalue weighted by molar-refractivity contribution is -0.127. The molecular weight excluding hydrogens is 392 g/mol. The number of ketones is 2. The number of carbonyl (C=O) groups excluding carboxylic acids is 2. The number of carbonyl (C=O) groups is 2. The molecule has 0 heterocycles. The minimum atomic E-state index is -0.224. The van der Waals surface area contributed by atoms with Crippen LogP contribution in [0.4, 0.5) is 0 Å². The number of Topliss-reactive ketones (excluding diaryl/α,β-unsaturated/α-hetero) is 2. The molecule has 0 aromatic heterocycles. The molecule has 0 radical (unpaired) electrons. The Morgan fingerprint density at radius 1 is 0.846 bits per heavy atom. The monoisotopic (exact) mass is 436 g/mol. The molecule has 0 aromatic rings. The van der Waals surface area contributed by atoms with E-state index >= 15 is 0 Å². The molecule has 0 saturated carbocycles. The van der Waals surface area contributed by atoms with Gasteiger partial charge < -0.3 is 4.74 Å². The van der Waals surface area contributed by atoms with Gasteiger partial charge in [-0.05, 0) is 25.7 Å². The molecular formula is C22H45BrO3. The first-order valence-corrected chi connectivity index (χ1v) is 10.7. The number of alkyl halides is 1. The Balaban J connectivity index is -0.000000327. The van der Waals surface area contributed by atoms with Crippen molar-refractivity contribution in [1.82, 2.24) is 0 Å². The summed E-state index contributed by atoms with van der Waals surface area (Å²) in [6.07, 6.45) is 0.712. The summed E-state index contributed by atoms with van der Waals surface area (Å²) in [6.45, 7) is 25.7. The number of ether oxygens (including phenoxy) is 1. The molecule has 0 N–H and O–H groups in total. The molecule has 26 heavy (non-hydrogen) atoms. The first kappa shape index (κ1) is 30.5. The van der Waals surface area contributed by atoms with Crippen LogP contribution in [0.2, 0.25) is 0 Å². The Bertz CT molecular complexity index is 372. The molecule has 0 bridgehead atoms. The average Bonchev–Trinajstić information content (AvgIpc) is 2.45. The summed E-state index contributed by atoms with van der Waals surface area (Å²) in [5, 5.41) is 0. The van der Waals surface area contributed by atoms with Gasteiger partial charge in [-0.25, -0.2) is 0 Å². The molecule has 0 rings (SSSR count). The normalized spacial score (nSPS) is 12.7. The van der Waals surface area contributed by atoms with Gasteiger partial charge >= 0.3 is 0 Å². The van der Waals surface area contributed by atoms with Gasteiger partial charge in [0.15, 0.2) is 5.78 Å². The van der Waals surface area contributed by atoms with E-state index in [4.69, 9.17) is 4.74 Å². The lowest BCUT2D eigenvalue weighted by atomic mass is 9.86. The largest absolute Gasteiger partial charge is 0.382 e. The number of hydrogen-bond acceptors (Lipinski definition) is 3. The van der Waals surface area contributed by atoms with E-state index in [0.29, 0.717) is 24.0 Å². The second-order valence-electron chi connectivity index (χ2n) is 9.31. The highest BCUT2D eigenvalue weighted by Gasteiger charge is 2.29. The van der Waals surface area contributed by atoms with Crippen molar-refractivity contribution in [2.75, 3.05) is 13.2 Å². The van der Waals surface area contributed by atoms with Crippen molar-refractivity contribution in [1.29, 1.82) is 0 Å². The minimum absolute atomic E-state index is 0.00231. The fourth-order valence-corrected chi connectivity index (χ4v) is 2.28. The third kappa shape index (κ3) is 18.6. The van der Waals surface area contributed by atoms with Crippen molar-refractivity contribution in [2.45, 2.75) is 94.3 Å². The van der Waals surface area contributed by atoms with Crippen LogP contribution in [0.3, 0.4) is 0 Å².